The van der Waals surface area contributed by atoms with E-state index < -0.39 is 12.3 Å². The van der Waals surface area contributed by atoms with Crippen molar-refractivity contribution in [2.45, 2.75) is 24.7 Å². The van der Waals surface area contributed by atoms with Crippen LogP contribution in [0.1, 0.15) is 12.0 Å². The normalized spacial score (nSPS) is 22.5. The van der Waals surface area contributed by atoms with Crippen LogP contribution in [0.15, 0.2) is 59.7 Å². The summed E-state index contributed by atoms with van der Waals surface area (Å²) in [5.74, 6) is 1.41. The molecule has 0 aliphatic carbocycles. The molecule has 13 heteroatoms. The molecule has 46 heavy (non-hydrogen) atoms. The molecule has 12 nitrogen and oxygen atoms in total. The molecule has 3 aromatic rings. The van der Waals surface area contributed by atoms with Crippen LogP contribution in [0.5, 0.6) is 5.75 Å². The van der Waals surface area contributed by atoms with Crippen LogP contribution >= 0.6 is 0 Å². The number of aromatic nitrogens is 2. The summed E-state index contributed by atoms with van der Waals surface area (Å²) < 4.78 is 26.5. The molecular formula is C33H36FN9O3. The third-order valence-electron chi connectivity index (χ3n) is 8.92. The Morgan fingerprint density at radius 2 is 1.91 bits per heavy atom. The van der Waals surface area contributed by atoms with Crippen LogP contribution in [-0.4, -0.2) is 115 Å². The molecule has 0 unspecified atom stereocenters. The quantitative estimate of drug-likeness (QED) is 0.366. The molecule has 7 rings (SSSR count). The highest BCUT2D eigenvalue weighted by Gasteiger charge is 2.33. The number of urea groups is 1. The number of rotatable bonds is 9. The number of amides is 2. The Kier molecular flexibility index (Phi) is 8.74. The van der Waals surface area contributed by atoms with E-state index in [9.17, 15) is 10.1 Å². The monoisotopic (exact) mass is 625 g/mol. The number of halogens is 1. The van der Waals surface area contributed by atoms with E-state index in [0.29, 0.717) is 60.8 Å². The Labute approximate surface area is 266 Å². The van der Waals surface area contributed by atoms with Crippen molar-refractivity contribution >= 4 is 28.9 Å². The minimum absolute atomic E-state index is 0.168. The standard InChI is InChI=1S/C33H36FN9O3/c34-28-19-41(18-25-17-37-33(44)39-25)10-8-30(28)46-29-6-1-22(15-23(29)16-35)32-36-9-7-31(40-32)38-24-2-4-26(5-3-24)42-11-13-43(14-12-42)27-20-45-21-27/h1-7,9,15,27-28,30H,8,10-14,17-21H2,(H,37,44)(H,36,38,40)/t28-,30+/m1/s1. The maximum absolute atomic E-state index is 15.1. The molecule has 0 bridgehead atoms. The average molecular weight is 626 g/mol. The molecule has 2 amide bonds. The summed E-state index contributed by atoms with van der Waals surface area (Å²) in [5, 5.41) is 15.9. The van der Waals surface area contributed by atoms with Gasteiger partial charge in [-0.3, -0.25) is 9.80 Å². The number of alkyl halides is 1. The third kappa shape index (κ3) is 6.79. The van der Waals surface area contributed by atoms with Crippen LogP contribution < -0.4 is 20.3 Å². The summed E-state index contributed by atoms with van der Waals surface area (Å²) in [6.45, 7) is 7.42. The molecule has 2 N–H and O–H groups in total. The van der Waals surface area contributed by atoms with Gasteiger partial charge in [-0.2, -0.15) is 10.3 Å². The first kappa shape index (κ1) is 30.0. The number of piperidine rings is 1. The Morgan fingerprint density at radius 3 is 2.61 bits per heavy atom. The molecule has 3 saturated heterocycles. The maximum Gasteiger partial charge on any atom is 0.341 e. The molecular weight excluding hydrogens is 589 g/mol. The number of ether oxygens (including phenoxy) is 2. The largest absolute Gasteiger partial charge is 0.486 e. The number of nitrogens with one attached hydrogen (secondary N) is 2. The van der Waals surface area contributed by atoms with E-state index >= 15 is 4.39 Å². The third-order valence-corrected chi connectivity index (χ3v) is 8.92. The van der Waals surface area contributed by atoms with Crippen molar-refractivity contribution in [2.75, 3.05) is 75.8 Å². The zero-order valence-electron chi connectivity index (χ0n) is 25.4. The Bertz CT molecular complexity index is 1630. The van der Waals surface area contributed by atoms with Crippen molar-refractivity contribution in [3.63, 3.8) is 0 Å². The lowest BCUT2D eigenvalue weighted by atomic mass is 10.0. The van der Waals surface area contributed by atoms with Crippen molar-refractivity contribution in [3.05, 3.63) is 60.3 Å². The van der Waals surface area contributed by atoms with Gasteiger partial charge in [-0.1, -0.05) is 0 Å². The van der Waals surface area contributed by atoms with E-state index in [1.54, 1.807) is 30.5 Å². The molecule has 0 saturated carbocycles. The van der Waals surface area contributed by atoms with E-state index in [-0.39, 0.29) is 18.1 Å². The summed E-state index contributed by atoms with van der Waals surface area (Å²) in [7, 11) is 0. The van der Waals surface area contributed by atoms with Gasteiger partial charge in [-0.05, 0) is 55.0 Å². The van der Waals surface area contributed by atoms with Crippen LogP contribution in [0.25, 0.3) is 11.4 Å². The second kappa shape index (κ2) is 13.4. The number of carbonyl (C=O) groups excluding carboxylic acids is 1. The van der Waals surface area contributed by atoms with Crippen molar-refractivity contribution in [2.24, 2.45) is 4.99 Å². The highest BCUT2D eigenvalue weighted by molar-refractivity contribution is 6.03. The van der Waals surface area contributed by atoms with E-state index in [2.05, 4.69) is 53.6 Å². The lowest BCUT2D eigenvalue weighted by molar-refractivity contribution is -0.0660. The molecule has 2 aromatic carbocycles. The zero-order valence-corrected chi connectivity index (χ0v) is 25.4. The van der Waals surface area contributed by atoms with Crippen LogP contribution in [0, 0.1) is 11.3 Å². The van der Waals surface area contributed by atoms with E-state index in [1.807, 2.05) is 17.0 Å². The fourth-order valence-corrected chi connectivity index (χ4v) is 6.24. The fourth-order valence-electron chi connectivity index (χ4n) is 6.24. The number of aliphatic imine (C=N–C) groups is 1. The number of nitrogens with zero attached hydrogens (tertiary/aromatic N) is 7. The number of benzene rings is 2. The number of hydrogen-bond acceptors (Lipinski definition) is 10. The van der Waals surface area contributed by atoms with Gasteiger partial charge in [0.25, 0.3) is 0 Å². The fraction of sp³-hybridized carbons (Fsp3) is 0.424. The number of hydrogen-bond donors (Lipinski definition) is 2. The first-order valence-corrected chi connectivity index (χ1v) is 15.7. The van der Waals surface area contributed by atoms with Gasteiger partial charge in [0.1, 0.15) is 29.9 Å². The van der Waals surface area contributed by atoms with Gasteiger partial charge in [0.15, 0.2) is 5.82 Å². The van der Waals surface area contributed by atoms with Crippen LogP contribution in [0.4, 0.5) is 26.4 Å². The van der Waals surface area contributed by atoms with Gasteiger partial charge < -0.3 is 25.0 Å². The van der Waals surface area contributed by atoms with E-state index in [1.165, 1.54) is 5.69 Å². The molecule has 0 radical (unpaired) electrons. The molecule has 2 atom stereocenters. The zero-order chi connectivity index (χ0) is 31.5. The van der Waals surface area contributed by atoms with Crippen LogP contribution in [0.2, 0.25) is 0 Å². The number of carbonyl (C=O) groups is 1. The second-order valence-electron chi connectivity index (χ2n) is 12.0. The van der Waals surface area contributed by atoms with Gasteiger partial charge in [0, 0.05) is 68.9 Å². The van der Waals surface area contributed by atoms with Gasteiger partial charge >= 0.3 is 6.03 Å². The number of nitriles is 1. The molecule has 0 spiro atoms. The first-order chi connectivity index (χ1) is 22.5. The van der Waals surface area contributed by atoms with Gasteiger partial charge in [0.05, 0.1) is 37.1 Å². The summed E-state index contributed by atoms with van der Waals surface area (Å²) in [4.78, 5) is 31.2. The van der Waals surface area contributed by atoms with Gasteiger partial charge in [0.2, 0.25) is 0 Å². The summed E-state index contributed by atoms with van der Waals surface area (Å²) in [6, 6.07) is 17.7. The minimum atomic E-state index is -1.25. The molecule has 4 aliphatic heterocycles. The Hall–Kier alpha value is -4.64. The van der Waals surface area contributed by atoms with Crippen LogP contribution in [0.3, 0.4) is 0 Å². The predicted molar refractivity (Wildman–Crippen MR) is 172 cm³/mol. The maximum atomic E-state index is 15.1. The van der Waals surface area contributed by atoms with Crippen molar-refractivity contribution in [1.82, 2.24) is 25.1 Å². The highest BCUT2D eigenvalue weighted by Crippen LogP contribution is 2.29. The predicted octanol–water partition coefficient (Wildman–Crippen LogP) is 3.24. The van der Waals surface area contributed by atoms with Gasteiger partial charge in [-0.25, -0.2) is 19.2 Å². The molecule has 3 fully saturated rings. The molecule has 5 heterocycles. The summed E-state index contributed by atoms with van der Waals surface area (Å²) >= 11 is 0. The highest BCUT2D eigenvalue weighted by atomic mass is 19.1. The Balaban J connectivity index is 0.955. The minimum Gasteiger partial charge on any atom is -0.486 e. The summed E-state index contributed by atoms with van der Waals surface area (Å²) in [6.07, 6.45) is 0.199. The molecule has 1 aromatic heterocycles. The van der Waals surface area contributed by atoms with Gasteiger partial charge in [-0.15, -0.1) is 0 Å². The average Bonchev–Trinajstić information content (AvgIpc) is 3.46. The van der Waals surface area contributed by atoms with Crippen molar-refractivity contribution in [1.29, 1.82) is 5.26 Å². The van der Waals surface area contributed by atoms with Crippen molar-refractivity contribution in [3.8, 4) is 23.2 Å². The van der Waals surface area contributed by atoms with Crippen molar-refractivity contribution < 1.29 is 18.7 Å². The smallest absolute Gasteiger partial charge is 0.341 e. The summed E-state index contributed by atoms with van der Waals surface area (Å²) in [5.41, 5.74) is 3.76. The van der Waals surface area contributed by atoms with E-state index in [4.69, 9.17) is 9.47 Å². The Morgan fingerprint density at radius 1 is 1.09 bits per heavy atom. The van der Waals surface area contributed by atoms with Crippen LogP contribution in [-0.2, 0) is 4.74 Å². The lowest BCUT2D eigenvalue weighted by Gasteiger charge is -2.43. The second-order valence-corrected chi connectivity index (χ2v) is 12.0. The molecule has 4 aliphatic rings. The van der Waals surface area contributed by atoms with E-state index in [0.717, 1.165) is 45.1 Å². The first-order valence-electron chi connectivity index (χ1n) is 15.7. The topological polar surface area (TPSA) is 131 Å². The number of anilines is 3. The molecule has 238 valence electrons. The number of piperazine rings is 1. The number of likely N-dealkylation sites (tertiary alicyclic amines) is 1. The SMILES string of the molecule is N#Cc1cc(-c2nccc(Nc3ccc(N4CCN(C5COC5)CC4)cc3)n2)ccc1O[C@H]1CCN(CC2=NC(=O)NC2)C[C@H]1F. The lowest BCUT2D eigenvalue weighted by Crippen LogP contribution is -2.56.